The summed E-state index contributed by atoms with van der Waals surface area (Å²) in [6.45, 7) is 0.704. The normalized spacial score (nSPS) is 13.1. The van der Waals surface area contributed by atoms with Gasteiger partial charge in [0.25, 0.3) is 0 Å². The second kappa shape index (κ2) is 3.32. The summed E-state index contributed by atoms with van der Waals surface area (Å²) in [6, 6.07) is 0. The number of rotatable bonds is 0. The number of hydrogen-bond donors (Lipinski definition) is 4. The fraction of sp³-hybridized carbons (Fsp3) is 0.143. The number of nitrogens with one attached hydrogen (secondary N) is 4. The Labute approximate surface area is 85.7 Å². The summed E-state index contributed by atoms with van der Waals surface area (Å²) in [7, 11) is 0. The smallest absolute Gasteiger partial charge is 0.194 e. The van der Waals surface area contributed by atoms with Gasteiger partial charge in [-0.05, 0) is 0 Å². The van der Waals surface area contributed by atoms with Crippen molar-refractivity contribution < 1.29 is 4.42 Å². The Morgan fingerprint density at radius 3 is 3.29 bits per heavy atom. The first-order chi connectivity index (χ1) is 6.45. The zero-order chi connectivity index (χ0) is 8.67. The summed E-state index contributed by atoms with van der Waals surface area (Å²) in [6.07, 6.45) is 5.22. The Morgan fingerprint density at radius 1 is 1.43 bits per heavy atom. The molecule has 0 amide bonds. The van der Waals surface area contributed by atoms with Crippen LogP contribution < -0.4 is 10.9 Å². The van der Waals surface area contributed by atoms with Gasteiger partial charge in [0, 0.05) is 12.4 Å². The topological polar surface area (TPSA) is 73.7 Å². The van der Waals surface area contributed by atoms with E-state index in [4.69, 9.17) is 4.42 Å². The highest BCUT2D eigenvalue weighted by Crippen LogP contribution is 2.27. The van der Waals surface area contributed by atoms with Gasteiger partial charge in [-0.15, -0.1) is 12.4 Å². The van der Waals surface area contributed by atoms with Crippen LogP contribution in [0.4, 0.5) is 5.82 Å². The average Bonchev–Trinajstić information content (AvgIpc) is 2.65. The number of nitrogens with zero attached hydrogens (tertiary/aromatic N) is 1. The number of halogens is 1. The van der Waals surface area contributed by atoms with E-state index < -0.39 is 0 Å². The summed E-state index contributed by atoms with van der Waals surface area (Å²) < 4.78 is 7.30. The highest BCUT2D eigenvalue weighted by atomic mass is 35.5. The van der Waals surface area contributed by atoms with Crippen LogP contribution in [0.5, 0.6) is 0 Å². The third kappa shape index (κ3) is 1.16. The van der Waals surface area contributed by atoms with E-state index in [1.807, 2.05) is 10.9 Å². The molecule has 0 aromatic rings. The Morgan fingerprint density at radius 2 is 2.36 bits per heavy atom. The van der Waals surface area contributed by atoms with Crippen LogP contribution >= 0.6 is 12.4 Å². The average molecular weight is 216 g/mol. The van der Waals surface area contributed by atoms with Crippen molar-refractivity contribution in [2.75, 3.05) is 5.43 Å². The highest BCUT2D eigenvalue weighted by molar-refractivity contribution is 5.85. The molecule has 0 fully saturated rings. The van der Waals surface area contributed by atoms with Gasteiger partial charge in [-0.2, -0.15) is 0 Å². The van der Waals surface area contributed by atoms with Gasteiger partial charge in [-0.25, -0.2) is 5.43 Å². The first-order valence-corrected chi connectivity index (χ1v) is 4.01. The molecule has 0 atom stereocenters. The summed E-state index contributed by atoms with van der Waals surface area (Å²) in [5.74, 6) is 1.70. The largest absolute Gasteiger partial charge is 0.457 e. The lowest BCUT2D eigenvalue weighted by atomic mass is 10.3. The maximum atomic E-state index is 5.38. The lowest BCUT2D eigenvalue weighted by Crippen LogP contribution is -2.12. The molecule has 0 radical (unpaired) electrons. The molecule has 3 aliphatic rings. The number of aromatic nitrogens is 3. The van der Waals surface area contributed by atoms with Crippen molar-refractivity contribution in [2.24, 2.45) is 0 Å². The summed E-state index contributed by atoms with van der Waals surface area (Å²) >= 11 is 0. The van der Waals surface area contributed by atoms with Crippen molar-refractivity contribution in [1.82, 2.24) is 20.2 Å². The second-order valence-electron chi connectivity index (χ2n) is 2.82. The molecular weight excluding hydrogens is 206 g/mol. The van der Waals surface area contributed by atoms with Crippen LogP contribution in [-0.4, -0.2) is 14.8 Å². The fourth-order valence-electron chi connectivity index (χ4n) is 1.43. The monoisotopic (exact) mass is 215 g/mol. The lowest BCUT2D eigenvalue weighted by Gasteiger charge is -2.09. The van der Waals surface area contributed by atoms with E-state index in [2.05, 4.69) is 20.9 Å². The number of aromatic amines is 2. The maximum Gasteiger partial charge on any atom is 0.194 e. The third-order valence-electron chi connectivity index (χ3n) is 2.03. The van der Waals surface area contributed by atoms with E-state index in [9.17, 15) is 0 Å². The number of hydrogen-bond acceptors (Lipinski definition) is 3. The maximum absolute atomic E-state index is 5.38. The minimum Gasteiger partial charge on any atom is -0.457 e. The number of fused-ring (bicyclic) bond motifs is 3. The van der Waals surface area contributed by atoms with Gasteiger partial charge in [0.2, 0.25) is 0 Å². The molecule has 0 unspecified atom stereocenters. The van der Waals surface area contributed by atoms with Gasteiger partial charge in [-0.1, -0.05) is 0 Å². The molecule has 3 rings (SSSR count). The first-order valence-electron chi connectivity index (χ1n) is 4.01. The minimum atomic E-state index is 0. The summed E-state index contributed by atoms with van der Waals surface area (Å²) in [5, 5.41) is 3.09. The molecule has 6 nitrogen and oxygen atoms in total. The molecule has 3 aliphatic heterocycles. The van der Waals surface area contributed by atoms with Crippen LogP contribution in [0.3, 0.4) is 0 Å². The summed E-state index contributed by atoms with van der Waals surface area (Å²) in [5.41, 5.74) is 6.92. The van der Waals surface area contributed by atoms with Crippen LogP contribution in [0, 0.1) is 0 Å². The van der Waals surface area contributed by atoms with Crippen molar-refractivity contribution in [3.63, 3.8) is 0 Å². The molecule has 0 aliphatic carbocycles. The van der Waals surface area contributed by atoms with Gasteiger partial charge in [0.05, 0.1) is 0 Å². The first kappa shape index (κ1) is 9.04. The van der Waals surface area contributed by atoms with Crippen LogP contribution in [-0.2, 0) is 6.67 Å². The molecule has 0 saturated heterocycles. The van der Waals surface area contributed by atoms with Gasteiger partial charge in [-0.3, -0.25) is 4.68 Å². The molecule has 0 saturated carbocycles. The van der Waals surface area contributed by atoms with Crippen LogP contribution in [0.15, 0.2) is 23.1 Å². The van der Waals surface area contributed by atoms with E-state index in [1.165, 1.54) is 0 Å². The fourth-order valence-corrected chi connectivity index (χ4v) is 1.43. The standard InChI is InChI=1S/C7H9N5O.ClH/c1-2-13-6-5(8-1)3-10-12-4-9-11-7(6)12;/h1-3,8-11H,4H2;1H. The van der Waals surface area contributed by atoms with Crippen LogP contribution in [0.2, 0.25) is 0 Å². The Kier molecular flexibility index (Phi) is 2.14. The van der Waals surface area contributed by atoms with Gasteiger partial charge in [0.15, 0.2) is 11.6 Å². The predicted molar refractivity (Wildman–Crippen MR) is 53.7 cm³/mol. The second-order valence-corrected chi connectivity index (χ2v) is 2.82. The van der Waals surface area contributed by atoms with Crippen molar-refractivity contribution in [3.05, 3.63) is 18.7 Å². The van der Waals surface area contributed by atoms with Crippen molar-refractivity contribution in [2.45, 2.75) is 6.67 Å². The SMILES string of the molecule is Cl.c1coc2c3n([nH]cc-2[nH]1)CNN3. The highest BCUT2D eigenvalue weighted by Gasteiger charge is 2.17. The number of H-pyrrole nitrogens is 2. The number of hydrazine groups is 1. The zero-order valence-electron chi connectivity index (χ0n) is 7.20. The Hall–Kier alpha value is -1.53. The Balaban J connectivity index is 0.000000750. The van der Waals surface area contributed by atoms with Crippen molar-refractivity contribution in [1.29, 1.82) is 0 Å². The van der Waals surface area contributed by atoms with E-state index >= 15 is 0 Å². The molecule has 0 aromatic carbocycles. The lowest BCUT2D eigenvalue weighted by molar-refractivity contribution is 0.543. The quantitative estimate of drug-likeness (QED) is 0.535. The molecule has 0 spiro atoms. The predicted octanol–water partition coefficient (Wildman–Crippen LogP) is 1.28. The minimum absolute atomic E-state index is 0. The molecule has 0 bridgehead atoms. The molecular formula is C7H10ClN5O. The number of anilines is 1. The van der Waals surface area contributed by atoms with E-state index in [-0.39, 0.29) is 12.4 Å². The van der Waals surface area contributed by atoms with Crippen LogP contribution in [0.1, 0.15) is 0 Å². The van der Waals surface area contributed by atoms with Crippen LogP contribution in [0.25, 0.3) is 11.5 Å². The van der Waals surface area contributed by atoms with Gasteiger partial charge >= 0.3 is 0 Å². The van der Waals surface area contributed by atoms with E-state index in [0.29, 0.717) is 6.67 Å². The third-order valence-corrected chi connectivity index (χ3v) is 2.03. The Bertz CT molecular complexity index is 437. The van der Waals surface area contributed by atoms with Gasteiger partial charge < -0.3 is 19.9 Å². The van der Waals surface area contributed by atoms with E-state index in [0.717, 1.165) is 17.3 Å². The van der Waals surface area contributed by atoms with Crippen molar-refractivity contribution in [3.8, 4) is 11.5 Å². The summed E-state index contributed by atoms with van der Waals surface area (Å²) in [4.78, 5) is 3.07. The van der Waals surface area contributed by atoms with E-state index in [1.54, 1.807) is 12.5 Å². The molecule has 7 heteroatoms. The molecule has 76 valence electrons. The van der Waals surface area contributed by atoms with Crippen molar-refractivity contribution >= 4 is 18.2 Å². The van der Waals surface area contributed by atoms with Gasteiger partial charge in [0.1, 0.15) is 18.6 Å². The zero-order valence-corrected chi connectivity index (χ0v) is 8.02. The molecule has 0 aromatic heterocycles. The molecule has 14 heavy (non-hydrogen) atoms. The molecule has 3 heterocycles. The molecule has 4 N–H and O–H groups in total.